The Morgan fingerprint density at radius 2 is 1.52 bits per heavy atom. The molecule has 0 fully saturated rings. The summed E-state index contributed by atoms with van der Waals surface area (Å²) in [7, 11) is 0. The van der Waals surface area contributed by atoms with E-state index in [1.807, 2.05) is 31.2 Å². The Kier molecular flexibility index (Phi) is 10.6. The molecule has 0 atom stereocenters. The van der Waals surface area contributed by atoms with Gasteiger partial charge in [-0.05, 0) is 52.7 Å². The Morgan fingerprint density at radius 1 is 0.897 bits per heavy atom. The summed E-state index contributed by atoms with van der Waals surface area (Å²) in [5.41, 5.74) is 0.568. The first-order valence-electron chi connectivity index (χ1n) is 9.85. The minimum absolute atomic E-state index is 0.0459. The number of hydrogen-bond donors (Lipinski definition) is 3. The van der Waals surface area contributed by atoms with E-state index in [9.17, 15) is 14.4 Å². The van der Waals surface area contributed by atoms with E-state index in [0.717, 1.165) is 5.75 Å². The second-order valence-electron chi connectivity index (χ2n) is 7.67. The molecule has 3 amide bonds. The number of amides is 3. The summed E-state index contributed by atoms with van der Waals surface area (Å²) in [6.45, 7) is 8.47. The number of carbonyl (C=O) groups excluding carboxylic acids is 3. The van der Waals surface area contributed by atoms with Crippen LogP contribution < -0.4 is 20.7 Å². The predicted molar refractivity (Wildman–Crippen MR) is 111 cm³/mol. The third kappa shape index (κ3) is 13.1. The molecule has 0 unspecified atom stereocenters. The molecule has 0 bridgehead atoms. The lowest BCUT2D eigenvalue weighted by Crippen LogP contribution is -2.40. The van der Waals surface area contributed by atoms with Crippen molar-refractivity contribution in [2.45, 2.75) is 52.6 Å². The van der Waals surface area contributed by atoms with Gasteiger partial charge in [0.15, 0.2) is 0 Å². The van der Waals surface area contributed by atoms with E-state index in [4.69, 9.17) is 9.47 Å². The van der Waals surface area contributed by atoms with E-state index in [2.05, 4.69) is 16.0 Å². The molecule has 0 radical (unpaired) electrons. The zero-order valence-corrected chi connectivity index (χ0v) is 17.8. The molecule has 1 rings (SSSR count). The highest BCUT2D eigenvalue weighted by atomic mass is 16.6. The maximum Gasteiger partial charge on any atom is 0.408 e. The fraction of sp³-hybridized carbons (Fsp3) is 0.571. The van der Waals surface area contributed by atoms with Crippen LogP contribution in [0.2, 0.25) is 0 Å². The molecule has 3 N–H and O–H groups in total. The van der Waals surface area contributed by atoms with E-state index in [-0.39, 0.29) is 18.4 Å². The molecular weight excluding hydrogens is 374 g/mol. The van der Waals surface area contributed by atoms with Gasteiger partial charge < -0.3 is 25.4 Å². The minimum atomic E-state index is -0.633. The largest absolute Gasteiger partial charge is 0.494 e. The van der Waals surface area contributed by atoms with Gasteiger partial charge in [0.25, 0.3) is 0 Å². The average Bonchev–Trinajstić information content (AvgIpc) is 2.63. The topological polar surface area (TPSA) is 106 Å². The van der Waals surface area contributed by atoms with Crippen molar-refractivity contribution >= 4 is 17.9 Å². The third-order valence-electron chi connectivity index (χ3n) is 3.63. The van der Waals surface area contributed by atoms with Crippen LogP contribution in [0, 0.1) is 6.92 Å². The molecule has 0 heterocycles. The van der Waals surface area contributed by atoms with Gasteiger partial charge in [-0.15, -0.1) is 0 Å². The summed E-state index contributed by atoms with van der Waals surface area (Å²) < 4.78 is 10.6. The minimum Gasteiger partial charge on any atom is -0.494 e. The number of ether oxygens (including phenoxy) is 2. The Hall–Kier alpha value is -2.77. The number of hydrogen-bond acceptors (Lipinski definition) is 5. The van der Waals surface area contributed by atoms with Crippen molar-refractivity contribution in [2.75, 3.05) is 26.2 Å². The maximum absolute atomic E-state index is 11.8. The van der Waals surface area contributed by atoms with Crippen molar-refractivity contribution in [3.05, 3.63) is 29.8 Å². The fourth-order valence-corrected chi connectivity index (χ4v) is 2.22. The van der Waals surface area contributed by atoms with Crippen LogP contribution in [0.3, 0.4) is 0 Å². The summed E-state index contributed by atoms with van der Waals surface area (Å²) >= 11 is 0. The van der Waals surface area contributed by atoms with Gasteiger partial charge in [-0.3, -0.25) is 9.59 Å². The first kappa shape index (κ1) is 24.3. The molecule has 0 saturated carbocycles. The Bertz CT molecular complexity index is 653. The number of aryl methyl sites for hydroxylation is 1. The summed E-state index contributed by atoms with van der Waals surface area (Å²) in [5.74, 6) is 0.443. The van der Waals surface area contributed by atoms with Crippen LogP contribution in [-0.4, -0.2) is 49.7 Å². The lowest BCUT2D eigenvalue weighted by molar-refractivity contribution is -0.121. The molecular formula is C21H33N3O5. The van der Waals surface area contributed by atoms with Crippen molar-refractivity contribution in [3.8, 4) is 5.75 Å². The van der Waals surface area contributed by atoms with E-state index in [1.165, 1.54) is 5.56 Å². The zero-order chi connectivity index (χ0) is 21.7. The smallest absolute Gasteiger partial charge is 0.408 e. The van der Waals surface area contributed by atoms with Crippen molar-refractivity contribution in [3.63, 3.8) is 0 Å². The van der Waals surface area contributed by atoms with E-state index in [1.54, 1.807) is 20.8 Å². The number of carbonyl (C=O) groups is 3. The molecule has 162 valence electrons. The highest BCUT2D eigenvalue weighted by Crippen LogP contribution is 2.11. The standard InChI is InChI=1S/C21H33N3O5/c1-16-8-10-17(11-9-16)28-14-5-7-18(25)22-12-6-13-23-19(26)15-24-20(27)29-21(2,3)4/h8-11H,5-7,12-15H2,1-4H3,(H,22,25)(H,23,26)(H,24,27). The molecule has 8 nitrogen and oxygen atoms in total. The maximum atomic E-state index is 11.8. The zero-order valence-electron chi connectivity index (χ0n) is 17.8. The van der Waals surface area contributed by atoms with Crippen molar-refractivity contribution in [1.29, 1.82) is 0 Å². The van der Waals surface area contributed by atoms with Gasteiger partial charge in [0.2, 0.25) is 11.8 Å². The summed E-state index contributed by atoms with van der Waals surface area (Å²) in [6, 6.07) is 7.78. The predicted octanol–water partition coefficient (Wildman–Crippen LogP) is 2.30. The van der Waals surface area contributed by atoms with Gasteiger partial charge in [-0.25, -0.2) is 4.79 Å². The van der Waals surface area contributed by atoms with Crippen LogP contribution in [-0.2, 0) is 14.3 Å². The highest BCUT2D eigenvalue weighted by Gasteiger charge is 2.16. The highest BCUT2D eigenvalue weighted by molar-refractivity contribution is 5.82. The van der Waals surface area contributed by atoms with Gasteiger partial charge in [0.05, 0.1) is 13.2 Å². The Labute approximate surface area is 172 Å². The number of nitrogens with one attached hydrogen (secondary N) is 3. The quantitative estimate of drug-likeness (QED) is 0.488. The molecule has 1 aromatic rings. The molecule has 0 aliphatic heterocycles. The van der Waals surface area contributed by atoms with E-state index >= 15 is 0 Å². The van der Waals surface area contributed by atoms with Gasteiger partial charge in [-0.1, -0.05) is 17.7 Å². The molecule has 0 aliphatic rings. The summed E-state index contributed by atoms with van der Waals surface area (Å²) in [6.07, 6.45) is 0.987. The normalized spacial score (nSPS) is 10.8. The molecule has 0 spiro atoms. The van der Waals surface area contributed by atoms with Crippen LogP contribution in [0.5, 0.6) is 5.75 Å². The van der Waals surface area contributed by atoms with Crippen LogP contribution in [0.4, 0.5) is 4.79 Å². The van der Waals surface area contributed by atoms with Gasteiger partial charge in [-0.2, -0.15) is 0 Å². The fourth-order valence-electron chi connectivity index (χ4n) is 2.22. The lowest BCUT2D eigenvalue weighted by Gasteiger charge is -2.19. The first-order chi connectivity index (χ1) is 13.7. The molecule has 1 aromatic carbocycles. The average molecular weight is 408 g/mol. The van der Waals surface area contributed by atoms with Crippen molar-refractivity contribution in [2.24, 2.45) is 0 Å². The van der Waals surface area contributed by atoms with Crippen molar-refractivity contribution < 1.29 is 23.9 Å². The third-order valence-corrected chi connectivity index (χ3v) is 3.63. The monoisotopic (exact) mass is 407 g/mol. The number of alkyl carbamates (subject to hydrolysis) is 1. The molecule has 8 heteroatoms. The van der Waals surface area contributed by atoms with Gasteiger partial charge >= 0.3 is 6.09 Å². The Morgan fingerprint density at radius 3 is 2.14 bits per heavy atom. The number of benzene rings is 1. The van der Waals surface area contributed by atoms with Crippen LogP contribution in [0.25, 0.3) is 0 Å². The van der Waals surface area contributed by atoms with E-state index in [0.29, 0.717) is 39.0 Å². The second kappa shape index (κ2) is 12.6. The first-order valence-corrected chi connectivity index (χ1v) is 9.85. The van der Waals surface area contributed by atoms with Gasteiger partial charge in [0, 0.05) is 19.5 Å². The second-order valence-corrected chi connectivity index (χ2v) is 7.67. The van der Waals surface area contributed by atoms with E-state index < -0.39 is 11.7 Å². The van der Waals surface area contributed by atoms with Crippen molar-refractivity contribution in [1.82, 2.24) is 16.0 Å². The van der Waals surface area contributed by atoms with Crippen LogP contribution in [0.15, 0.2) is 24.3 Å². The molecule has 29 heavy (non-hydrogen) atoms. The van der Waals surface area contributed by atoms with Gasteiger partial charge in [0.1, 0.15) is 11.4 Å². The summed E-state index contributed by atoms with van der Waals surface area (Å²) in [5, 5.41) is 7.86. The molecule has 0 aliphatic carbocycles. The summed E-state index contributed by atoms with van der Waals surface area (Å²) in [4.78, 5) is 34.9. The lowest BCUT2D eigenvalue weighted by atomic mass is 10.2. The molecule has 0 saturated heterocycles. The SMILES string of the molecule is Cc1ccc(OCCCC(=O)NCCCNC(=O)CNC(=O)OC(C)(C)C)cc1. The molecule has 0 aromatic heterocycles. The van der Waals surface area contributed by atoms with Crippen LogP contribution >= 0.6 is 0 Å². The Balaban J connectivity index is 1.99. The number of rotatable bonds is 11. The van der Waals surface area contributed by atoms with Crippen LogP contribution in [0.1, 0.15) is 45.6 Å².